The van der Waals surface area contributed by atoms with Gasteiger partial charge in [0, 0.05) is 44.0 Å². The number of rotatable bonds is 9. The van der Waals surface area contributed by atoms with Gasteiger partial charge in [-0.2, -0.15) is 0 Å². The van der Waals surface area contributed by atoms with E-state index in [2.05, 4.69) is 22.5 Å². The molecule has 3 rings (SSSR count). The van der Waals surface area contributed by atoms with Gasteiger partial charge in [-0.1, -0.05) is 19.8 Å². The molecular weight excluding hydrogens is 354 g/mol. The molecule has 6 nitrogen and oxygen atoms in total. The molecule has 0 spiro atoms. The molecule has 28 heavy (non-hydrogen) atoms. The van der Waals surface area contributed by atoms with E-state index < -0.39 is 0 Å². The second kappa shape index (κ2) is 10.5. The Balaban J connectivity index is 1.69. The number of carbonyl (C=O) groups excluding carboxylic acids is 2. The Hall–Kier alpha value is -2.08. The summed E-state index contributed by atoms with van der Waals surface area (Å²) in [6.45, 7) is 5.37. The number of nitrogens with zero attached hydrogens (tertiary/aromatic N) is 1. The third-order valence-electron chi connectivity index (χ3n) is 5.49. The van der Waals surface area contributed by atoms with Crippen molar-refractivity contribution >= 4 is 23.2 Å². The highest BCUT2D eigenvalue weighted by Gasteiger charge is 2.22. The first-order valence-corrected chi connectivity index (χ1v) is 10.8. The van der Waals surface area contributed by atoms with E-state index in [1.54, 1.807) is 0 Å². The van der Waals surface area contributed by atoms with E-state index in [0.717, 1.165) is 70.3 Å². The lowest BCUT2D eigenvalue weighted by atomic mass is 10.1. The molecule has 2 saturated heterocycles. The molecule has 2 amide bonds. The molecule has 0 unspecified atom stereocenters. The van der Waals surface area contributed by atoms with Gasteiger partial charge in [0.1, 0.15) is 0 Å². The summed E-state index contributed by atoms with van der Waals surface area (Å²) < 4.78 is 5.61. The van der Waals surface area contributed by atoms with Gasteiger partial charge in [0.2, 0.25) is 5.91 Å². The molecule has 2 heterocycles. The van der Waals surface area contributed by atoms with Gasteiger partial charge in [-0.05, 0) is 50.3 Å². The predicted molar refractivity (Wildman–Crippen MR) is 112 cm³/mol. The number of ether oxygens (including phenoxy) is 1. The van der Waals surface area contributed by atoms with Gasteiger partial charge >= 0.3 is 0 Å². The molecule has 1 atom stereocenters. The van der Waals surface area contributed by atoms with Crippen LogP contribution in [-0.2, 0) is 9.53 Å². The van der Waals surface area contributed by atoms with Crippen molar-refractivity contribution in [2.24, 2.45) is 0 Å². The fourth-order valence-electron chi connectivity index (χ4n) is 3.90. The maximum atomic E-state index is 12.9. The van der Waals surface area contributed by atoms with Crippen molar-refractivity contribution in [3.05, 3.63) is 23.8 Å². The van der Waals surface area contributed by atoms with Crippen LogP contribution in [0.5, 0.6) is 0 Å². The number of amides is 2. The Kier molecular flexibility index (Phi) is 7.71. The number of anilines is 2. The highest BCUT2D eigenvalue weighted by Crippen LogP contribution is 2.28. The molecule has 2 aliphatic heterocycles. The summed E-state index contributed by atoms with van der Waals surface area (Å²) in [6.07, 6.45) is 8.00. The number of carbonyl (C=O) groups is 2. The van der Waals surface area contributed by atoms with Gasteiger partial charge in [0.25, 0.3) is 5.91 Å². The standard InChI is InChI=1S/C22H33N3O3/c1-2-3-4-9-21(26)24-17-10-11-20(25-12-5-6-13-25)19(15-17)22(27)23-16-18-8-7-14-28-18/h10-11,15,18H,2-9,12-14,16H2,1H3,(H,23,27)(H,24,26)/t18-/m0/s1. The minimum atomic E-state index is -0.0977. The average molecular weight is 388 g/mol. The Morgan fingerprint density at radius 2 is 2.00 bits per heavy atom. The zero-order valence-electron chi connectivity index (χ0n) is 17.0. The Morgan fingerprint density at radius 3 is 2.71 bits per heavy atom. The van der Waals surface area contributed by atoms with Gasteiger partial charge in [-0.15, -0.1) is 0 Å². The smallest absolute Gasteiger partial charge is 0.253 e. The van der Waals surface area contributed by atoms with Crippen molar-refractivity contribution in [1.29, 1.82) is 0 Å². The molecule has 6 heteroatoms. The van der Waals surface area contributed by atoms with Crippen molar-refractivity contribution in [2.45, 2.75) is 64.4 Å². The summed E-state index contributed by atoms with van der Waals surface area (Å²) in [6, 6.07) is 5.69. The fourth-order valence-corrected chi connectivity index (χ4v) is 3.90. The van der Waals surface area contributed by atoms with Crippen LogP contribution in [0.4, 0.5) is 11.4 Å². The summed E-state index contributed by atoms with van der Waals surface area (Å²) >= 11 is 0. The predicted octanol–water partition coefficient (Wildman–Crippen LogP) is 3.71. The SMILES string of the molecule is CCCCCC(=O)Nc1ccc(N2CCCC2)c(C(=O)NC[C@@H]2CCCO2)c1. The van der Waals surface area contributed by atoms with E-state index in [-0.39, 0.29) is 17.9 Å². The van der Waals surface area contributed by atoms with Gasteiger partial charge in [0.05, 0.1) is 11.7 Å². The van der Waals surface area contributed by atoms with Gasteiger partial charge in [0.15, 0.2) is 0 Å². The number of nitrogens with one attached hydrogen (secondary N) is 2. The van der Waals surface area contributed by atoms with Crippen molar-refractivity contribution in [2.75, 3.05) is 36.5 Å². The van der Waals surface area contributed by atoms with Crippen LogP contribution in [-0.4, -0.2) is 44.2 Å². The first-order chi connectivity index (χ1) is 13.7. The highest BCUT2D eigenvalue weighted by molar-refractivity contribution is 6.02. The lowest BCUT2D eigenvalue weighted by molar-refractivity contribution is -0.116. The molecule has 2 fully saturated rings. The number of benzene rings is 1. The van der Waals surface area contributed by atoms with E-state index in [1.165, 1.54) is 0 Å². The Morgan fingerprint density at radius 1 is 1.18 bits per heavy atom. The van der Waals surface area contributed by atoms with Crippen LogP contribution in [0.2, 0.25) is 0 Å². The molecule has 0 radical (unpaired) electrons. The highest BCUT2D eigenvalue weighted by atomic mass is 16.5. The van der Waals surface area contributed by atoms with Crippen molar-refractivity contribution in [3.63, 3.8) is 0 Å². The monoisotopic (exact) mass is 387 g/mol. The average Bonchev–Trinajstić information content (AvgIpc) is 3.40. The summed E-state index contributed by atoms with van der Waals surface area (Å²) in [5, 5.41) is 5.97. The Bertz CT molecular complexity index is 665. The molecule has 2 N–H and O–H groups in total. The van der Waals surface area contributed by atoms with Crippen molar-refractivity contribution in [3.8, 4) is 0 Å². The van der Waals surface area contributed by atoms with Crippen LogP contribution in [0.3, 0.4) is 0 Å². The van der Waals surface area contributed by atoms with Crippen LogP contribution in [0.15, 0.2) is 18.2 Å². The van der Waals surface area contributed by atoms with Gasteiger partial charge < -0.3 is 20.3 Å². The molecule has 0 aliphatic carbocycles. The topological polar surface area (TPSA) is 70.7 Å². The quantitative estimate of drug-likeness (QED) is 0.634. The van der Waals surface area contributed by atoms with Crippen LogP contribution < -0.4 is 15.5 Å². The number of hydrogen-bond acceptors (Lipinski definition) is 4. The summed E-state index contributed by atoms with van der Waals surface area (Å²) in [5.74, 6) is -0.0902. The molecule has 1 aromatic rings. The van der Waals surface area contributed by atoms with Gasteiger partial charge in [-0.25, -0.2) is 0 Å². The first kappa shape index (κ1) is 20.6. The molecule has 2 aliphatic rings. The zero-order valence-corrected chi connectivity index (χ0v) is 17.0. The van der Waals surface area contributed by atoms with E-state index >= 15 is 0 Å². The second-order valence-corrected chi connectivity index (χ2v) is 7.78. The molecule has 0 bridgehead atoms. The van der Waals surface area contributed by atoms with Gasteiger partial charge in [-0.3, -0.25) is 9.59 Å². The van der Waals surface area contributed by atoms with Crippen LogP contribution in [0.25, 0.3) is 0 Å². The molecule has 154 valence electrons. The largest absolute Gasteiger partial charge is 0.376 e. The molecule has 0 aromatic heterocycles. The molecule has 1 aromatic carbocycles. The zero-order chi connectivity index (χ0) is 19.8. The normalized spacial score (nSPS) is 19.0. The van der Waals surface area contributed by atoms with Crippen LogP contribution in [0.1, 0.15) is 68.6 Å². The number of hydrogen-bond donors (Lipinski definition) is 2. The summed E-state index contributed by atoms with van der Waals surface area (Å²) in [7, 11) is 0. The number of unbranched alkanes of at least 4 members (excludes halogenated alkanes) is 2. The van der Waals surface area contributed by atoms with Crippen molar-refractivity contribution < 1.29 is 14.3 Å². The van der Waals surface area contributed by atoms with E-state index in [9.17, 15) is 9.59 Å². The first-order valence-electron chi connectivity index (χ1n) is 10.8. The third-order valence-corrected chi connectivity index (χ3v) is 5.49. The second-order valence-electron chi connectivity index (χ2n) is 7.78. The maximum absolute atomic E-state index is 12.9. The lowest BCUT2D eigenvalue weighted by Gasteiger charge is -2.22. The summed E-state index contributed by atoms with van der Waals surface area (Å²) in [5.41, 5.74) is 2.27. The van der Waals surface area contributed by atoms with Crippen molar-refractivity contribution in [1.82, 2.24) is 5.32 Å². The van der Waals surface area contributed by atoms with E-state index in [1.807, 2.05) is 18.2 Å². The van der Waals surface area contributed by atoms with E-state index in [4.69, 9.17) is 4.74 Å². The molecular formula is C22H33N3O3. The van der Waals surface area contributed by atoms with Crippen LogP contribution in [0, 0.1) is 0 Å². The Labute approximate surface area is 168 Å². The van der Waals surface area contributed by atoms with E-state index in [0.29, 0.717) is 24.2 Å². The summed E-state index contributed by atoms with van der Waals surface area (Å²) in [4.78, 5) is 27.4. The molecule has 0 saturated carbocycles. The fraction of sp³-hybridized carbons (Fsp3) is 0.636. The maximum Gasteiger partial charge on any atom is 0.253 e. The lowest BCUT2D eigenvalue weighted by Crippen LogP contribution is -2.33. The minimum absolute atomic E-state index is 0.00749. The van der Waals surface area contributed by atoms with Crippen LogP contribution >= 0.6 is 0 Å². The third kappa shape index (κ3) is 5.71. The minimum Gasteiger partial charge on any atom is -0.376 e.